The molecule has 0 fully saturated rings. The van der Waals surface area contributed by atoms with Gasteiger partial charge in [-0.2, -0.15) is 0 Å². The molecular weight excluding hydrogens is 334 g/mol. The van der Waals surface area contributed by atoms with Crippen molar-refractivity contribution in [1.82, 2.24) is 0 Å². The molecule has 25 heavy (non-hydrogen) atoms. The summed E-state index contributed by atoms with van der Waals surface area (Å²) >= 11 is 1.67. The predicted molar refractivity (Wildman–Crippen MR) is 104 cm³/mol. The van der Waals surface area contributed by atoms with Gasteiger partial charge >= 0.3 is 0 Å². The van der Waals surface area contributed by atoms with Crippen LogP contribution in [0, 0.1) is 0 Å². The maximum absolute atomic E-state index is 5.76. The molecule has 136 valence electrons. The van der Waals surface area contributed by atoms with Crippen molar-refractivity contribution < 1.29 is 14.3 Å². The highest BCUT2D eigenvalue weighted by atomic mass is 32.1. The van der Waals surface area contributed by atoms with E-state index in [1.165, 1.54) is 0 Å². The summed E-state index contributed by atoms with van der Waals surface area (Å²) in [7, 11) is 0. The van der Waals surface area contributed by atoms with E-state index in [-0.39, 0.29) is 12.2 Å². The van der Waals surface area contributed by atoms with E-state index in [1.807, 2.05) is 42.6 Å². The van der Waals surface area contributed by atoms with Gasteiger partial charge in [0.15, 0.2) is 6.10 Å². The van der Waals surface area contributed by atoms with E-state index in [9.17, 15) is 0 Å². The van der Waals surface area contributed by atoms with Gasteiger partial charge in [0.05, 0.1) is 16.7 Å². The van der Waals surface area contributed by atoms with Gasteiger partial charge in [-0.1, -0.05) is 25.1 Å². The first kappa shape index (κ1) is 19.3. The van der Waals surface area contributed by atoms with E-state index in [1.54, 1.807) is 11.3 Å². The highest BCUT2D eigenvalue weighted by molar-refractivity contribution is 7.12. The Morgan fingerprint density at radius 3 is 2.36 bits per heavy atom. The molecule has 0 aliphatic rings. The minimum Gasteiger partial charge on any atom is -0.491 e. The van der Waals surface area contributed by atoms with E-state index in [0.717, 1.165) is 34.9 Å². The van der Waals surface area contributed by atoms with E-state index >= 15 is 0 Å². The van der Waals surface area contributed by atoms with Crippen molar-refractivity contribution in [3.8, 4) is 11.5 Å². The number of hydrogen-bond donors (Lipinski definition) is 0. The Hall–Kier alpha value is -2.01. The topological polar surface area (TPSA) is 40.0 Å². The summed E-state index contributed by atoms with van der Waals surface area (Å²) in [5.41, 5.74) is 0.966. The second-order valence-electron chi connectivity index (χ2n) is 5.90. The molecule has 2 atom stereocenters. The van der Waals surface area contributed by atoms with Gasteiger partial charge in [0, 0.05) is 0 Å². The highest BCUT2D eigenvalue weighted by Gasteiger charge is 2.08. The Bertz CT molecular complexity index is 637. The zero-order valence-electron chi connectivity index (χ0n) is 15.4. The molecule has 2 rings (SSSR count). The molecule has 2 unspecified atom stereocenters. The zero-order chi connectivity index (χ0) is 18.1. The molecule has 2 aromatic rings. The van der Waals surface area contributed by atoms with Crippen LogP contribution < -0.4 is 9.47 Å². The molecule has 0 saturated heterocycles. The van der Waals surface area contributed by atoms with Crippen LogP contribution in [0.4, 0.5) is 0 Å². The number of benzene rings is 1. The number of ether oxygens (including phenoxy) is 2. The second kappa shape index (κ2) is 10.1. The van der Waals surface area contributed by atoms with Gasteiger partial charge in [-0.05, 0) is 62.4 Å². The maximum Gasteiger partial charge on any atom is 0.158 e. The Morgan fingerprint density at radius 1 is 1.04 bits per heavy atom. The molecular formula is C20H27NO3S. The third-order valence-electron chi connectivity index (χ3n) is 3.70. The number of hydrogen-bond acceptors (Lipinski definition) is 5. The first-order valence-corrected chi connectivity index (χ1v) is 9.66. The molecule has 0 radical (unpaired) electrons. The molecule has 5 heteroatoms. The summed E-state index contributed by atoms with van der Waals surface area (Å²) in [6.45, 7) is 8.63. The normalized spacial score (nSPS) is 14.0. The fourth-order valence-electron chi connectivity index (χ4n) is 2.05. The molecule has 0 aliphatic heterocycles. The monoisotopic (exact) mass is 361 g/mol. The van der Waals surface area contributed by atoms with E-state index < -0.39 is 0 Å². The van der Waals surface area contributed by atoms with Crippen LogP contribution in [0.3, 0.4) is 0 Å². The van der Waals surface area contributed by atoms with Gasteiger partial charge in [0.1, 0.15) is 18.1 Å². The van der Waals surface area contributed by atoms with Crippen LogP contribution in [0.25, 0.3) is 0 Å². The Morgan fingerprint density at radius 2 is 1.76 bits per heavy atom. The SMILES string of the molecule is CCC(=NOC(C)COc1ccc(OC(C)CC)cc1)c1cccs1. The average molecular weight is 362 g/mol. The average Bonchev–Trinajstić information content (AvgIpc) is 3.16. The lowest BCUT2D eigenvalue weighted by atomic mass is 10.2. The number of nitrogens with zero attached hydrogens (tertiary/aromatic N) is 1. The Labute approximate surface area is 154 Å². The van der Waals surface area contributed by atoms with Crippen molar-refractivity contribution in [3.05, 3.63) is 46.7 Å². The molecule has 0 N–H and O–H groups in total. The van der Waals surface area contributed by atoms with Crippen LogP contribution >= 0.6 is 11.3 Å². The van der Waals surface area contributed by atoms with Crippen molar-refractivity contribution in [1.29, 1.82) is 0 Å². The van der Waals surface area contributed by atoms with E-state index in [2.05, 4.69) is 32.0 Å². The van der Waals surface area contributed by atoms with Crippen LogP contribution in [0.1, 0.15) is 45.4 Å². The maximum atomic E-state index is 5.76. The zero-order valence-corrected chi connectivity index (χ0v) is 16.2. The smallest absolute Gasteiger partial charge is 0.158 e. The summed E-state index contributed by atoms with van der Waals surface area (Å²) in [6, 6.07) is 11.8. The van der Waals surface area contributed by atoms with Crippen molar-refractivity contribution >= 4 is 17.0 Å². The minimum atomic E-state index is -0.127. The number of oxime groups is 1. The molecule has 4 nitrogen and oxygen atoms in total. The molecule has 0 bridgehead atoms. The lowest BCUT2D eigenvalue weighted by molar-refractivity contribution is 0.0364. The highest BCUT2D eigenvalue weighted by Crippen LogP contribution is 2.19. The first-order valence-electron chi connectivity index (χ1n) is 8.78. The fourth-order valence-corrected chi connectivity index (χ4v) is 2.83. The summed E-state index contributed by atoms with van der Waals surface area (Å²) in [5.74, 6) is 1.66. The molecule has 0 saturated carbocycles. The van der Waals surface area contributed by atoms with E-state index in [4.69, 9.17) is 14.3 Å². The fraction of sp³-hybridized carbons (Fsp3) is 0.450. The third kappa shape index (κ3) is 6.42. The van der Waals surface area contributed by atoms with Gasteiger partial charge in [0.25, 0.3) is 0 Å². The van der Waals surface area contributed by atoms with Gasteiger partial charge in [0.2, 0.25) is 0 Å². The van der Waals surface area contributed by atoms with Crippen LogP contribution in [-0.4, -0.2) is 24.5 Å². The Kier molecular flexibility index (Phi) is 7.79. The van der Waals surface area contributed by atoms with Crippen LogP contribution in [0.5, 0.6) is 11.5 Å². The van der Waals surface area contributed by atoms with Gasteiger partial charge in [-0.25, -0.2) is 0 Å². The molecule has 0 aliphatic carbocycles. The largest absolute Gasteiger partial charge is 0.491 e. The van der Waals surface area contributed by atoms with Crippen LogP contribution in [0.2, 0.25) is 0 Å². The standard InChI is InChI=1S/C20H27NO3S/c1-5-15(3)23-18-11-9-17(10-12-18)22-14-16(4)24-21-19(6-2)20-8-7-13-25-20/h7-13,15-16H,5-6,14H2,1-4H3. The quantitative estimate of drug-likeness (QED) is 0.413. The Balaban J connectivity index is 1.80. The summed E-state index contributed by atoms with van der Waals surface area (Å²) in [6.07, 6.45) is 1.91. The predicted octanol–water partition coefficient (Wildman–Crippen LogP) is 5.52. The first-order chi connectivity index (χ1) is 12.1. The van der Waals surface area contributed by atoms with Crippen molar-refractivity contribution in [3.63, 3.8) is 0 Å². The van der Waals surface area contributed by atoms with Gasteiger partial charge in [-0.3, -0.25) is 0 Å². The molecule has 0 amide bonds. The number of thiophene rings is 1. The second-order valence-corrected chi connectivity index (χ2v) is 6.85. The lowest BCUT2D eigenvalue weighted by Gasteiger charge is -2.14. The number of rotatable bonds is 10. The molecule has 1 heterocycles. The molecule has 0 spiro atoms. The van der Waals surface area contributed by atoms with Gasteiger partial charge < -0.3 is 14.3 Å². The third-order valence-corrected chi connectivity index (χ3v) is 4.62. The van der Waals surface area contributed by atoms with Crippen molar-refractivity contribution in [2.24, 2.45) is 5.16 Å². The molecule has 1 aromatic heterocycles. The summed E-state index contributed by atoms with van der Waals surface area (Å²) in [5, 5.41) is 6.32. The summed E-state index contributed by atoms with van der Waals surface area (Å²) in [4.78, 5) is 6.72. The molecule has 1 aromatic carbocycles. The van der Waals surface area contributed by atoms with Crippen LogP contribution in [0.15, 0.2) is 46.9 Å². The minimum absolute atomic E-state index is 0.127. The van der Waals surface area contributed by atoms with Gasteiger partial charge in [-0.15, -0.1) is 11.3 Å². The van der Waals surface area contributed by atoms with Crippen molar-refractivity contribution in [2.75, 3.05) is 6.61 Å². The van der Waals surface area contributed by atoms with Crippen molar-refractivity contribution in [2.45, 2.75) is 52.7 Å². The van der Waals surface area contributed by atoms with Crippen LogP contribution in [-0.2, 0) is 4.84 Å². The lowest BCUT2D eigenvalue weighted by Crippen LogP contribution is -2.16. The van der Waals surface area contributed by atoms with E-state index in [0.29, 0.717) is 6.61 Å². The summed E-state index contributed by atoms with van der Waals surface area (Å²) < 4.78 is 11.5.